The highest BCUT2D eigenvalue weighted by Gasteiger charge is 2.36. The maximum atomic E-state index is 16.2. The van der Waals surface area contributed by atoms with Gasteiger partial charge in [-0.05, 0) is 36.8 Å². The van der Waals surface area contributed by atoms with E-state index in [2.05, 4.69) is 20.3 Å². The molecule has 0 aliphatic carbocycles. The third-order valence-electron chi connectivity index (χ3n) is 5.92. The number of carbonyl (C=O) groups is 1. The number of aryl methyl sites for hydroxylation is 1. The van der Waals surface area contributed by atoms with Gasteiger partial charge in [-0.25, -0.2) is 13.8 Å². The fraction of sp³-hybridized carbons (Fsp3) is 0.167. The fourth-order valence-electron chi connectivity index (χ4n) is 4.27. The summed E-state index contributed by atoms with van der Waals surface area (Å²) in [6.07, 6.45) is 3.26. The standard InChI is InChI=1S/C24H20F2N6O4S/c1-14-7-8-18(32(36-13-33)37(34,35)19-6-4-3-5-17(19)25)21(26)20(14)16-11-15-12-29-24(27-2)30-22(15)31-10-9-28-23(16)31/h3-8,11-13H,9-10H2,1-2H3,(H,27,29,30). The number of sulfonamides is 1. The maximum Gasteiger partial charge on any atom is 0.322 e. The summed E-state index contributed by atoms with van der Waals surface area (Å²) in [6.45, 7) is 2.41. The van der Waals surface area contributed by atoms with E-state index in [1.807, 2.05) is 4.90 Å². The highest BCUT2D eigenvalue weighted by molar-refractivity contribution is 7.92. The molecule has 0 spiro atoms. The Morgan fingerprint density at radius 2 is 1.97 bits per heavy atom. The molecule has 0 saturated carbocycles. The van der Waals surface area contributed by atoms with Gasteiger partial charge in [0, 0.05) is 36.5 Å². The lowest BCUT2D eigenvalue weighted by atomic mass is 9.94. The number of fused-ring (bicyclic) bond motifs is 3. The number of anilines is 3. The fourth-order valence-corrected chi connectivity index (χ4v) is 5.56. The minimum absolute atomic E-state index is 0.0368. The number of rotatable bonds is 7. The zero-order chi connectivity index (χ0) is 26.3. The van der Waals surface area contributed by atoms with E-state index in [-0.39, 0.29) is 16.5 Å². The van der Waals surface area contributed by atoms with Crippen molar-refractivity contribution in [2.24, 2.45) is 4.99 Å². The SMILES string of the molecule is CNc1ncc2c(n1)N1CCN=C1C(c1c(C)ccc(N(OC=O)S(=O)(=O)c3ccccc3F)c1F)=C2. The molecule has 0 radical (unpaired) electrons. The number of hydrogen-bond donors (Lipinski definition) is 1. The molecule has 0 unspecified atom stereocenters. The number of hydrogen-bond acceptors (Lipinski definition) is 9. The molecule has 0 atom stereocenters. The number of halogens is 2. The van der Waals surface area contributed by atoms with Crippen molar-refractivity contribution in [1.29, 1.82) is 0 Å². The summed E-state index contributed by atoms with van der Waals surface area (Å²) in [5, 5.41) is 2.88. The van der Waals surface area contributed by atoms with Gasteiger partial charge in [-0.15, -0.1) is 0 Å². The first-order chi connectivity index (χ1) is 17.8. The van der Waals surface area contributed by atoms with Gasteiger partial charge >= 0.3 is 6.47 Å². The molecule has 0 bridgehead atoms. The first-order valence-electron chi connectivity index (χ1n) is 11.1. The van der Waals surface area contributed by atoms with Crippen LogP contribution in [0.25, 0.3) is 11.6 Å². The van der Waals surface area contributed by atoms with E-state index in [1.165, 1.54) is 18.2 Å². The van der Waals surface area contributed by atoms with Crippen molar-refractivity contribution < 1.29 is 26.8 Å². The lowest BCUT2D eigenvalue weighted by molar-refractivity contribution is -0.128. The quantitative estimate of drug-likeness (QED) is 0.369. The lowest BCUT2D eigenvalue weighted by Crippen LogP contribution is -2.34. The van der Waals surface area contributed by atoms with Crippen LogP contribution in [0.1, 0.15) is 16.7 Å². The first-order valence-corrected chi connectivity index (χ1v) is 12.5. The van der Waals surface area contributed by atoms with Crippen LogP contribution >= 0.6 is 0 Å². The molecule has 13 heteroatoms. The van der Waals surface area contributed by atoms with Crippen LogP contribution in [-0.4, -0.2) is 50.8 Å². The Kier molecular flexibility index (Phi) is 6.07. The molecule has 2 aliphatic rings. The first kappa shape index (κ1) is 24.3. The molecule has 37 heavy (non-hydrogen) atoms. The third kappa shape index (κ3) is 3.96. The monoisotopic (exact) mass is 526 g/mol. The van der Waals surface area contributed by atoms with Gasteiger partial charge in [0.05, 0.1) is 6.54 Å². The smallest absolute Gasteiger partial charge is 0.322 e. The number of aromatic nitrogens is 2. The van der Waals surface area contributed by atoms with Crippen LogP contribution in [-0.2, 0) is 19.7 Å². The van der Waals surface area contributed by atoms with E-state index in [0.29, 0.717) is 47.4 Å². The van der Waals surface area contributed by atoms with E-state index in [0.717, 1.165) is 18.2 Å². The molecule has 2 aromatic carbocycles. The predicted molar refractivity (Wildman–Crippen MR) is 133 cm³/mol. The third-order valence-corrected chi connectivity index (χ3v) is 7.53. The second-order valence-electron chi connectivity index (χ2n) is 8.09. The van der Waals surface area contributed by atoms with E-state index in [4.69, 9.17) is 4.84 Å². The number of carbonyl (C=O) groups excluding carboxylic acids is 1. The van der Waals surface area contributed by atoms with E-state index >= 15 is 4.39 Å². The van der Waals surface area contributed by atoms with E-state index < -0.39 is 32.2 Å². The molecule has 3 heterocycles. The molecule has 2 aliphatic heterocycles. The van der Waals surface area contributed by atoms with Crippen LogP contribution in [0.3, 0.4) is 0 Å². The van der Waals surface area contributed by atoms with E-state index in [9.17, 15) is 17.6 Å². The summed E-state index contributed by atoms with van der Waals surface area (Å²) in [7, 11) is -3.13. The molecule has 190 valence electrons. The minimum Gasteiger partial charge on any atom is -0.357 e. The zero-order valence-corrected chi connectivity index (χ0v) is 20.5. The summed E-state index contributed by atoms with van der Waals surface area (Å²) in [5.74, 6) is -0.628. The summed E-state index contributed by atoms with van der Waals surface area (Å²) in [6, 6.07) is 7.14. The molecule has 0 amide bonds. The Morgan fingerprint density at radius 1 is 1.19 bits per heavy atom. The Morgan fingerprint density at radius 3 is 2.70 bits per heavy atom. The second-order valence-corrected chi connectivity index (χ2v) is 9.81. The lowest BCUT2D eigenvalue weighted by Gasteiger charge is -2.29. The molecule has 0 fully saturated rings. The highest BCUT2D eigenvalue weighted by Crippen LogP contribution is 2.40. The summed E-state index contributed by atoms with van der Waals surface area (Å²) < 4.78 is 57.2. The average molecular weight is 527 g/mol. The Hall–Kier alpha value is -4.39. The van der Waals surface area contributed by atoms with Crippen molar-refractivity contribution in [1.82, 2.24) is 9.97 Å². The van der Waals surface area contributed by atoms with E-state index in [1.54, 1.807) is 26.2 Å². The van der Waals surface area contributed by atoms with Crippen LogP contribution in [0.4, 0.5) is 26.2 Å². The summed E-state index contributed by atoms with van der Waals surface area (Å²) >= 11 is 0. The van der Waals surface area contributed by atoms with Gasteiger partial charge in [0.15, 0.2) is 5.82 Å². The van der Waals surface area contributed by atoms with Crippen LogP contribution in [0.5, 0.6) is 0 Å². The second kappa shape index (κ2) is 9.24. The molecular formula is C24H20F2N6O4S. The van der Waals surface area contributed by atoms with Crippen LogP contribution in [0, 0.1) is 18.6 Å². The maximum absolute atomic E-state index is 16.2. The molecule has 1 aromatic heterocycles. The average Bonchev–Trinajstić information content (AvgIpc) is 3.38. The Balaban J connectivity index is 1.69. The topological polar surface area (TPSA) is 117 Å². The highest BCUT2D eigenvalue weighted by atomic mass is 32.2. The van der Waals surface area contributed by atoms with Crippen molar-refractivity contribution in [3.8, 4) is 0 Å². The summed E-state index contributed by atoms with van der Waals surface area (Å²) in [5.41, 5.74) is 0.882. The zero-order valence-electron chi connectivity index (χ0n) is 19.6. The van der Waals surface area contributed by atoms with Crippen molar-refractivity contribution in [3.05, 3.63) is 70.9 Å². The van der Waals surface area contributed by atoms with Gasteiger partial charge in [-0.2, -0.15) is 13.4 Å². The molecule has 10 nitrogen and oxygen atoms in total. The van der Waals surface area contributed by atoms with Crippen molar-refractivity contribution >= 4 is 51.4 Å². The molecular weight excluding hydrogens is 506 g/mol. The van der Waals surface area contributed by atoms with Crippen molar-refractivity contribution in [2.75, 3.05) is 34.8 Å². The van der Waals surface area contributed by atoms with Crippen molar-refractivity contribution in [3.63, 3.8) is 0 Å². The molecule has 1 N–H and O–H groups in total. The van der Waals surface area contributed by atoms with Crippen LogP contribution in [0.2, 0.25) is 0 Å². The largest absolute Gasteiger partial charge is 0.357 e. The molecule has 3 aromatic rings. The molecule has 0 saturated heterocycles. The van der Waals surface area contributed by atoms with Gasteiger partial charge in [0.2, 0.25) is 5.95 Å². The van der Waals surface area contributed by atoms with Gasteiger partial charge in [-0.3, -0.25) is 9.79 Å². The van der Waals surface area contributed by atoms with Gasteiger partial charge < -0.3 is 15.1 Å². The normalized spacial score (nSPS) is 14.3. The van der Waals surface area contributed by atoms with Gasteiger partial charge in [0.25, 0.3) is 10.0 Å². The van der Waals surface area contributed by atoms with Crippen LogP contribution < -0.4 is 14.7 Å². The minimum atomic E-state index is -4.83. The number of aliphatic imine (C=N–C) groups is 1. The van der Waals surface area contributed by atoms with Gasteiger partial charge in [-0.1, -0.05) is 22.7 Å². The number of nitrogens with zero attached hydrogens (tertiary/aromatic N) is 5. The predicted octanol–water partition coefficient (Wildman–Crippen LogP) is 3.16. The number of amidine groups is 1. The molecule has 5 rings (SSSR count). The van der Waals surface area contributed by atoms with Crippen LogP contribution in [0.15, 0.2) is 52.5 Å². The Labute approximate surface area is 210 Å². The van der Waals surface area contributed by atoms with Crippen molar-refractivity contribution in [2.45, 2.75) is 11.8 Å². The van der Waals surface area contributed by atoms with Gasteiger partial charge in [0.1, 0.15) is 28.1 Å². The number of nitrogens with one attached hydrogen (secondary N) is 1. The summed E-state index contributed by atoms with van der Waals surface area (Å²) in [4.78, 5) is 30.3. The number of benzene rings is 2. The Bertz CT molecular complexity index is 1590.